The van der Waals surface area contributed by atoms with E-state index in [0.29, 0.717) is 0 Å². The SMILES string of the molecule is CCCCCCCCCC[O][Ti+2][N](CCCCCCCCCC)CCCCCCCCCC.[Cl-].[Cl-]. The molecule has 0 saturated carbocycles. The van der Waals surface area contributed by atoms with Crippen molar-refractivity contribution in [3.63, 3.8) is 0 Å². The van der Waals surface area contributed by atoms with Crippen LogP contribution in [0.3, 0.4) is 0 Å². The minimum Gasteiger partial charge on any atom is -1.00 e. The maximum absolute atomic E-state index is 6.24. The minimum absolute atomic E-state index is 0. The van der Waals surface area contributed by atoms with E-state index in [9.17, 15) is 0 Å². The van der Waals surface area contributed by atoms with Gasteiger partial charge in [0, 0.05) is 0 Å². The summed E-state index contributed by atoms with van der Waals surface area (Å²) in [7, 11) is 0. The van der Waals surface area contributed by atoms with Gasteiger partial charge in [0.25, 0.3) is 0 Å². The number of hydrogen-bond acceptors (Lipinski definition) is 2. The molecule has 0 radical (unpaired) electrons. The molecule has 0 fully saturated rings. The van der Waals surface area contributed by atoms with Crippen molar-refractivity contribution in [1.82, 2.24) is 3.38 Å². The van der Waals surface area contributed by atoms with Crippen molar-refractivity contribution in [1.29, 1.82) is 0 Å². The molecule has 35 heavy (non-hydrogen) atoms. The zero-order valence-corrected chi connectivity index (χ0v) is 27.3. The Labute approximate surface area is 244 Å². The van der Waals surface area contributed by atoms with E-state index in [-0.39, 0.29) is 44.6 Å². The number of rotatable bonds is 29. The third kappa shape index (κ3) is 35.2. The topological polar surface area (TPSA) is 12.5 Å². The Kier molecular flexibility index (Phi) is 43.5. The third-order valence-electron chi connectivity index (χ3n) is 6.86. The Morgan fingerprint density at radius 1 is 0.400 bits per heavy atom. The van der Waals surface area contributed by atoms with Gasteiger partial charge in [0.2, 0.25) is 0 Å². The fraction of sp³-hybridized carbons (Fsp3) is 1.00. The van der Waals surface area contributed by atoms with Crippen LogP contribution in [0.15, 0.2) is 0 Å². The molecule has 0 aromatic heterocycles. The van der Waals surface area contributed by atoms with E-state index in [1.807, 2.05) is 0 Å². The smallest absolute Gasteiger partial charge is 1.00 e. The fourth-order valence-electron chi connectivity index (χ4n) is 4.52. The van der Waals surface area contributed by atoms with Crippen LogP contribution in [0.2, 0.25) is 0 Å². The van der Waals surface area contributed by atoms with Crippen LogP contribution in [0.4, 0.5) is 0 Å². The predicted molar refractivity (Wildman–Crippen MR) is 145 cm³/mol. The van der Waals surface area contributed by atoms with E-state index in [2.05, 4.69) is 24.2 Å². The molecule has 0 aliphatic rings. The van der Waals surface area contributed by atoms with Crippen LogP contribution in [-0.4, -0.2) is 23.1 Å². The van der Waals surface area contributed by atoms with E-state index in [1.54, 1.807) is 0 Å². The summed E-state index contributed by atoms with van der Waals surface area (Å²) >= 11 is -0.358. The van der Waals surface area contributed by atoms with Crippen LogP contribution in [0.25, 0.3) is 0 Å². The molecule has 0 unspecified atom stereocenters. The van der Waals surface area contributed by atoms with Crippen molar-refractivity contribution >= 4 is 0 Å². The molecule has 0 bridgehead atoms. The second kappa shape index (κ2) is 37.4. The first-order valence-corrected chi connectivity index (χ1v) is 16.8. The van der Waals surface area contributed by atoms with Gasteiger partial charge in [-0.1, -0.05) is 0 Å². The second-order valence-corrected chi connectivity index (χ2v) is 12.1. The normalized spacial score (nSPS) is 10.7. The maximum Gasteiger partial charge on any atom is -1.00 e. The van der Waals surface area contributed by atoms with Crippen LogP contribution >= 0.6 is 0 Å². The first kappa shape index (κ1) is 40.7. The van der Waals surface area contributed by atoms with Gasteiger partial charge in [0.1, 0.15) is 0 Å². The van der Waals surface area contributed by atoms with Gasteiger partial charge < -0.3 is 24.8 Å². The molecule has 5 heteroatoms. The van der Waals surface area contributed by atoms with Crippen molar-refractivity contribution in [2.45, 2.75) is 175 Å². The number of unbranched alkanes of at least 4 members (excludes halogenated alkanes) is 21. The van der Waals surface area contributed by atoms with E-state index in [1.165, 1.54) is 167 Å². The van der Waals surface area contributed by atoms with E-state index < -0.39 is 0 Å². The van der Waals surface area contributed by atoms with Crippen LogP contribution in [0, 0.1) is 0 Å². The van der Waals surface area contributed by atoms with E-state index in [0.717, 1.165) is 6.61 Å². The van der Waals surface area contributed by atoms with Gasteiger partial charge in [-0.2, -0.15) is 0 Å². The van der Waals surface area contributed by atoms with Crippen molar-refractivity contribution in [2.24, 2.45) is 0 Å². The molecule has 0 aromatic carbocycles. The second-order valence-electron chi connectivity index (χ2n) is 10.4. The monoisotopic (exact) mass is 571 g/mol. The average Bonchev–Trinajstić information content (AvgIpc) is 2.83. The summed E-state index contributed by atoms with van der Waals surface area (Å²) in [6.07, 6.45) is 33.9. The zero-order chi connectivity index (χ0) is 24.1. The van der Waals surface area contributed by atoms with Gasteiger partial charge >= 0.3 is 221 Å². The van der Waals surface area contributed by atoms with Gasteiger partial charge in [0.05, 0.1) is 0 Å². The summed E-state index contributed by atoms with van der Waals surface area (Å²) in [5.74, 6) is 0. The quantitative estimate of drug-likeness (QED) is 0.0957. The Morgan fingerprint density at radius 2 is 0.686 bits per heavy atom. The van der Waals surface area contributed by atoms with Crippen molar-refractivity contribution in [2.75, 3.05) is 19.7 Å². The molecule has 0 spiro atoms. The minimum atomic E-state index is -0.358. The van der Waals surface area contributed by atoms with Gasteiger partial charge in [-0.25, -0.2) is 0 Å². The number of hydrogen-bond donors (Lipinski definition) is 0. The van der Waals surface area contributed by atoms with Crippen LogP contribution < -0.4 is 24.8 Å². The molecule has 0 aromatic rings. The Balaban J connectivity index is -0.00000512. The first-order chi connectivity index (χ1) is 16.3. The van der Waals surface area contributed by atoms with Crippen LogP contribution in [-0.2, 0) is 23.1 Å². The fourth-order valence-corrected chi connectivity index (χ4v) is 5.95. The van der Waals surface area contributed by atoms with Gasteiger partial charge in [-0.15, -0.1) is 0 Å². The molecule has 0 heterocycles. The van der Waals surface area contributed by atoms with Crippen molar-refractivity contribution in [3.8, 4) is 0 Å². The molecule has 2 nitrogen and oxygen atoms in total. The standard InChI is InChI=1S/C20H42N.C10H21O.2ClH.Ti/c1-3-5-7-9-11-13-15-17-19-21-20-18-16-14-12-10-8-6-4-2;1-2-3-4-5-6-7-8-9-10-11;;;/h3-20H2,1-2H3;2-10H2,1H3;2*1H;/q2*-1;;;+4/p-2. The first-order valence-electron chi connectivity index (χ1n) is 15.5. The molecule has 0 aliphatic carbocycles. The zero-order valence-electron chi connectivity index (χ0n) is 24.2. The van der Waals surface area contributed by atoms with Gasteiger partial charge in [-0.05, 0) is 0 Å². The molecule has 0 amide bonds. The van der Waals surface area contributed by atoms with Crippen LogP contribution in [0.1, 0.15) is 175 Å². The van der Waals surface area contributed by atoms with Crippen molar-refractivity contribution in [3.05, 3.63) is 0 Å². The summed E-state index contributed by atoms with van der Waals surface area (Å²) in [5.41, 5.74) is 0. The Bertz CT molecular complexity index is 330. The molecule has 212 valence electrons. The maximum atomic E-state index is 6.24. The Morgan fingerprint density at radius 3 is 1.03 bits per heavy atom. The summed E-state index contributed by atoms with van der Waals surface area (Å²) < 4.78 is 8.97. The van der Waals surface area contributed by atoms with Crippen LogP contribution in [0.5, 0.6) is 0 Å². The largest absolute Gasteiger partial charge is 1.00 e. The summed E-state index contributed by atoms with van der Waals surface area (Å²) in [6, 6.07) is 0. The summed E-state index contributed by atoms with van der Waals surface area (Å²) in [6.45, 7) is 10.5. The summed E-state index contributed by atoms with van der Waals surface area (Å²) in [5, 5.41) is 0. The molecular weight excluding hydrogens is 509 g/mol. The summed E-state index contributed by atoms with van der Waals surface area (Å²) in [4.78, 5) is 0. The van der Waals surface area contributed by atoms with E-state index >= 15 is 0 Å². The van der Waals surface area contributed by atoms with Crippen molar-refractivity contribution < 1.29 is 47.9 Å². The molecular formula is C30H63Cl2NOTi. The van der Waals surface area contributed by atoms with Gasteiger partial charge in [0.15, 0.2) is 0 Å². The van der Waals surface area contributed by atoms with E-state index in [4.69, 9.17) is 3.32 Å². The van der Waals surface area contributed by atoms with Gasteiger partial charge in [-0.3, -0.25) is 0 Å². The number of halogens is 2. The molecule has 0 N–H and O–H groups in total. The number of nitrogens with zero attached hydrogens (tertiary/aromatic N) is 1. The predicted octanol–water partition coefficient (Wildman–Crippen LogP) is 4.65. The molecule has 0 saturated heterocycles. The molecule has 0 atom stereocenters. The molecule has 0 aliphatic heterocycles. The average molecular weight is 573 g/mol. The molecule has 0 rings (SSSR count). The Hall–Kier alpha value is 1.21. The third-order valence-corrected chi connectivity index (χ3v) is 8.48.